The number of hydrogen-bond acceptors (Lipinski definition) is 2. The smallest absolute Gasteiger partial charge is 0.297 e. The molecule has 7 heteroatoms. The molecule has 0 aliphatic carbocycles. The molecule has 4 nitrogen and oxygen atoms in total. The van der Waals surface area contributed by atoms with Gasteiger partial charge in [0.2, 0.25) is 0 Å². The number of aromatic nitrogens is 2. The van der Waals surface area contributed by atoms with Crippen LogP contribution in [0.1, 0.15) is 5.56 Å². The second kappa shape index (κ2) is 4.85. The topological polar surface area (TPSA) is 54.9 Å². The van der Waals surface area contributed by atoms with Crippen molar-refractivity contribution in [3.8, 4) is 5.69 Å². The van der Waals surface area contributed by atoms with Gasteiger partial charge in [0, 0.05) is 3.57 Å². The van der Waals surface area contributed by atoms with Crippen LogP contribution in [0.2, 0.25) is 5.15 Å². The summed E-state index contributed by atoms with van der Waals surface area (Å²) in [6, 6.07) is 3.81. The van der Waals surface area contributed by atoms with Gasteiger partial charge in [0.1, 0.15) is 11.0 Å². The van der Waals surface area contributed by atoms with Gasteiger partial charge < -0.3 is 0 Å². The van der Waals surface area contributed by atoms with Crippen LogP contribution < -0.4 is 11.2 Å². The van der Waals surface area contributed by atoms with Crippen molar-refractivity contribution >= 4 is 34.2 Å². The van der Waals surface area contributed by atoms with Crippen molar-refractivity contribution in [1.29, 1.82) is 0 Å². The van der Waals surface area contributed by atoms with E-state index in [0.29, 0.717) is 9.26 Å². The zero-order valence-electron chi connectivity index (χ0n) is 9.13. The Kier molecular flexibility index (Phi) is 3.58. The highest BCUT2D eigenvalue weighted by Crippen LogP contribution is 2.16. The normalized spacial score (nSPS) is 10.7. The van der Waals surface area contributed by atoms with E-state index in [0.717, 1.165) is 4.57 Å². The second-order valence-electron chi connectivity index (χ2n) is 3.61. The summed E-state index contributed by atoms with van der Waals surface area (Å²) < 4.78 is 14.4. The van der Waals surface area contributed by atoms with Crippen LogP contribution in [-0.4, -0.2) is 9.55 Å². The molecule has 0 fully saturated rings. The van der Waals surface area contributed by atoms with E-state index >= 15 is 0 Å². The fourth-order valence-corrected chi connectivity index (χ4v) is 2.36. The number of benzene rings is 1. The molecule has 1 N–H and O–H groups in total. The van der Waals surface area contributed by atoms with Crippen molar-refractivity contribution in [3.63, 3.8) is 0 Å². The first-order chi connectivity index (χ1) is 8.41. The Bertz CT molecular complexity index is 739. The molecular formula is C11H7ClFIN2O2. The van der Waals surface area contributed by atoms with Crippen LogP contribution in [0.3, 0.4) is 0 Å². The van der Waals surface area contributed by atoms with Crippen molar-refractivity contribution in [2.45, 2.75) is 6.92 Å². The monoisotopic (exact) mass is 380 g/mol. The van der Waals surface area contributed by atoms with Gasteiger partial charge in [-0.1, -0.05) is 11.6 Å². The number of nitrogens with zero attached hydrogens (tertiary/aromatic N) is 1. The molecule has 2 rings (SSSR count). The van der Waals surface area contributed by atoms with E-state index in [1.807, 2.05) is 22.6 Å². The van der Waals surface area contributed by atoms with Crippen molar-refractivity contribution < 1.29 is 4.39 Å². The third kappa shape index (κ3) is 2.22. The molecule has 0 radical (unpaired) electrons. The third-order valence-corrected chi connectivity index (χ3v) is 3.67. The van der Waals surface area contributed by atoms with E-state index in [-0.39, 0.29) is 10.7 Å². The molecule has 0 bridgehead atoms. The third-order valence-electron chi connectivity index (χ3n) is 2.42. The minimum Gasteiger partial charge on any atom is -0.297 e. The second-order valence-corrected chi connectivity index (χ2v) is 5.15. The van der Waals surface area contributed by atoms with E-state index in [1.54, 1.807) is 0 Å². The summed E-state index contributed by atoms with van der Waals surface area (Å²) in [5.74, 6) is -0.432. The first-order valence-electron chi connectivity index (χ1n) is 4.88. The van der Waals surface area contributed by atoms with E-state index in [9.17, 15) is 14.0 Å². The summed E-state index contributed by atoms with van der Waals surface area (Å²) in [5.41, 5.74) is -0.618. The Morgan fingerprint density at radius 2 is 2.06 bits per heavy atom. The first kappa shape index (κ1) is 13.3. The lowest BCUT2D eigenvalue weighted by molar-refractivity contribution is 0.626. The molecule has 0 amide bonds. The van der Waals surface area contributed by atoms with Gasteiger partial charge in [-0.05, 0) is 47.7 Å². The molecule has 0 spiro atoms. The number of hydrogen-bond donors (Lipinski definition) is 1. The van der Waals surface area contributed by atoms with Crippen LogP contribution in [0, 0.1) is 16.3 Å². The molecule has 2 aromatic rings. The highest BCUT2D eigenvalue weighted by Gasteiger charge is 2.13. The van der Waals surface area contributed by atoms with E-state index in [1.165, 1.54) is 25.1 Å². The van der Waals surface area contributed by atoms with Gasteiger partial charge in [0.15, 0.2) is 0 Å². The molecule has 0 saturated carbocycles. The van der Waals surface area contributed by atoms with Crippen molar-refractivity contribution in [3.05, 3.63) is 59.1 Å². The molecule has 1 aromatic carbocycles. The lowest BCUT2D eigenvalue weighted by Crippen LogP contribution is -2.35. The zero-order chi connectivity index (χ0) is 13.4. The average molecular weight is 381 g/mol. The maximum absolute atomic E-state index is 13.0. The highest BCUT2D eigenvalue weighted by molar-refractivity contribution is 14.1. The van der Waals surface area contributed by atoms with Crippen LogP contribution >= 0.6 is 34.2 Å². The Hall–Kier alpha value is -1.15. The van der Waals surface area contributed by atoms with Crippen LogP contribution in [0.5, 0.6) is 0 Å². The van der Waals surface area contributed by atoms with Crippen LogP contribution in [0.15, 0.2) is 27.8 Å². The fourth-order valence-electron chi connectivity index (χ4n) is 1.48. The minimum absolute atomic E-state index is 0.0124. The van der Waals surface area contributed by atoms with Gasteiger partial charge in [0.25, 0.3) is 5.56 Å². The number of halogens is 3. The predicted octanol–water partition coefficient (Wildman–Crippen LogP) is 2.23. The number of H-pyrrole nitrogens is 1. The number of nitrogens with one attached hydrogen (secondary N) is 1. The number of aromatic amines is 1. The Morgan fingerprint density at radius 3 is 2.67 bits per heavy atom. The molecule has 0 saturated heterocycles. The molecule has 0 aliphatic rings. The number of rotatable bonds is 1. The minimum atomic E-state index is -0.653. The summed E-state index contributed by atoms with van der Waals surface area (Å²) in [6.07, 6.45) is 0. The summed E-state index contributed by atoms with van der Waals surface area (Å²) >= 11 is 7.57. The quantitative estimate of drug-likeness (QED) is 0.609. The van der Waals surface area contributed by atoms with Gasteiger partial charge >= 0.3 is 5.69 Å². The molecular weight excluding hydrogens is 373 g/mol. The van der Waals surface area contributed by atoms with Gasteiger partial charge in [-0.25, -0.2) is 13.8 Å². The van der Waals surface area contributed by atoms with Crippen LogP contribution in [0.25, 0.3) is 5.69 Å². The zero-order valence-corrected chi connectivity index (χ0v) is 12.0. The first-order valence-corrected chi connectivity index (χ1v) is 6.34. The lowest BCUT2D eigenvalue weighted by atomic mass is 10.3. The maximum Gasteiger partial charge on any atom is 0.334 e. The lowest BCUT2D eigenvalue weighted by Gasteiger charge is -2.08. The Balaban J connectivity index is 2.84. The molecule has 1 heterocycles. The Morgan fingerprint density at radius 1 is 1.39 bits per heavy atom. The van der Waals surface area contributed by atoms with Crippen molar-refractivity contribution in [2.24, 2.45) is 0 Å². The molecule has 0 atom stereocenters. The van der Waals surface area contributed by atoms with E-state index in [4.69, 9.17) is 11.6 Å². The highest BCUT2D eigenvalue weighted by atomic mass is 127. The molecule has 1 aromatic heterocycles. The summed E-state index contributed by atoms with van der Waals surface area (Å²) in [5, 5.41) is 0.0124. The van der Waals surface area contributed by atoms with Crippen molar-refractivity contribution in [2.75, 3.05) is 0 Å². The molecule has 0 aliphatic heterocycles. The summed E-state index contributed by atoms with van der Waals surface area (Å²) in [7, 11) is 0. The van der Waals surface area contributed by atoms with Gasteiger partial charge in [-0.15, -0.1) is 0 Å². The maximum atomic E-state index is 13.0. The van der Waals surface area contributed by atoms with Crippen LogP contribution in [-0.2, 0) is 0 Å². The SMILES string of the molecule is Cc1c(Cl)[nH]c(=O)n(-c2ccc(F)cc2I)c1=O. The van der Waals surface area contributed by atoms with Gasteiger partial charge in [-0.2, -0.15) is 0 Å². The standard InChI is InChI=1S/C11H7ClFIN2O2/c1-5-9(12)15-11(18)16(10(5)17)8-3-2-6(13)4-7(8)14/h2-4H,1H3,(H,15,18). The van der Waals surface area contributed by atoms with E-state index in [2.05, 4.69) is 4.98 Å². The largest absolute Gasteiger partial charge is 0.334 e. The average Bonchev–Trinajstić information content (AvgIpc) is 2.29. The predicted molar refractivity (Wildman–Crippen MR) is 75.1 cm³/mol. The molecule has 0 unspecified atom stereocenters. The summed E-state index contributed by atoms with van der Waals surface area (Å²) in [4.78, 5) is 26.1. The van der Waals surface area contributed by atoms with Gasteiger partial charge in [0.05, 0.1) is 11.3 Å². The summed E-state index contributed by atoms with van der Waals surface area (Å²) in [6.45, 7) is 1.51. The van der Waals surface area contributed by atoms with Crippen molar-refractivity contribution in [1.82, 2.24) is 9.55 Å². The molecule has 18 heavy (non-hydrogen) atoms. The fraction of sp³-hybridized carbons (Fsp3) is 0.0909. The van der Waals surface area contributed by atoms with Gasteiger partial charge in [-0.3, -0.25) is 9.78 Å². The van der Waals surface area contributed by atoms with E-state index < -0.39 is 17.1 Å². The Labute approximate surface area is 120 Å². The molecule has 94 valence electrons. The van der Waals surface area contributed by atoms with Crippen LogP contribution in [0.4, 0.5) is 4.39 Å².